The van der Waals surface area contributed by atoms with Crippen LogP contribution in [0, 0.1) is 0 Å². The van der Waals surface area contributed by atoms with Crippen molar-refractivity contribution >= 4 is 28.3 Å². The van der Waals surface area contributed by atoms with Gasteiger partial charge >= 0.3 is 0 Å². The van der Waals surface area contributed by atoms with Crippen LogP contribution in [0.15, 0.2) is 78.4 Å². The fourth-order valence-corrected chi connectivity index (χ4v) is 4.06. The van der Waals surface area contributed by atoms with E-state index in [0.717, 1.165) is 22.4 Å². The number of aromatic nitrogens is 2. The van der Waals surface area contributed by atoms with Gasteiger partial charge in [0, 0.05) is 41.4 Å². The van der Waals surface area contributed by atoms with Gasteiger partial charge in [-0.15, -0.1) is 11.3 Å². The van der Waals surface area contributed by atoms with Crippen molar-refractivity contribution in [2.75, 3.05) is 5.32 Å². The molecule has 0 aliphatic carbocycles. The Balaban J connectivity index is 1.38. The molecule has 0 bridgehead atoms. The zero-order chi connectivity index (χ0) is 23.9. The fourth-order valence-electron chi connectivity index (χ4n) is 3.34. The minimum Gasteiger partial charge on any atom is -0.489 e. The first-order valence-corrected chi connectivity index (χ1v) is 11.6. The molecule has 2 aromatic heterocycles. The summed E-state index contributed by atoms with van der Waals surface area (Å²) >= 11 is 1.36. The van der Waals surface area contributed by atoms with Crippen LogP contribution in [0.4, 0.5) is 5.13 Å². The van der Waals surface area contributed by atoms with Crippen LogP contribution < -0.4 is 15.4 Å². The maximum atomic E-state index is 12.7. The van der Waals surface area contributed by atoms with Crippen LogP contribution in [-0.4, -0.2) is 21.8 Å². The lowest BCUT2D eigenvalue weighted by Crippen LogP contribution is -2.23. The number of hydrogen-bond donors (Lipinski definition) is 2. The predicted octanol–water partition coefficient (Wildman–Crippen LogP) is 5.23. The number of nitrogens with one attached hydrogen (secondary N) is 2. The zero-order valence-electron chi connectivity index (χ0n) is 18.8. The fraction of sp³-hybridized carbons (Fsp3) is 0.154. The molecule has 4 aromatic rings. The first-order chi connectivity index (χ1) is 16.5. The smallest absolute Gasteiger partial charge is 0.257 e. The van der Waals surface area contributed by atoms with E-state index in [1.165, 1.54) is 18.3 Å². The van der Waals surface area contributed by atoms with Crippen LogP contribution >= 0.6 is 11.3 Å². The number of thiazole rings is 1. The molecule has 4 rings (SSSR count). The van der Waals surface area contributed by atoms with Crippen molar-refractivity contribution in [2.24, 2.45) is 0 Å². The quantitative estimate of drug-likeness (QED) is 0.366. The van der Waals surface area contributed by atoms with Gasteiger partial charge in [-0.1, -0.05) is 36.4 Å². The Morgan fingerprint density at radius 3 is 2.65 bits per heavy atom. The first-order valence-electron chi connectivity index (χ1n) is 10.7. The number of benzene rings is 2. The molecular formula is C26H24N4O3S. The largest absolute Gasteiger partial charge is 0.489 e. The summed E-state index contributed by atoms with van der Waals surface area (Å²) in [6.45, 7) is 3.81. The summed E-state index contributed by atoms with van der Waals surface area (Å²) in [5.74, 6) is 0.277. The van der Waals surface area contributed by atoms with E-state index in [1.54, 1.807) is 30.6 Å². The van der Waals surface area contributed by atoms with Crippen LogP contribution in [0.3, 0.4) is 0 Å². The molecular weight excluding hydrogens is 448 g/mol. The first kappa shape index (κ1) is 23.1. The summed E-state index contributed by atoms with van der Waals surface area (Å²) in [6, 6.07) is 18.6. The Bertz CT molecular complexity index is 1270. The molecule has 1 unspecified atom stereocenters. The highest BCUT2D eigenvalue weighted by Crippen LogP contribution is 2.27. The SMILES string of the molecule is CC(=O)NC(C)c1ccc(-c2csc(NC(=O)c3cccc(OCc4cccnc4)c3)n2)cc1. The number of nitrogens with zero attached hydrogens (tertiary/aromatic N) is 2. The molecule has 1 atom stereocenters. The van der Waals surface area contributed by atoms with Gasteiger partial charge in [0.2, 0.25) is 5.91 Å². The Morgan fingerprint density at radius 2 is 1.91 bits per heavy atom. The van der Waals surface area contributed by atoms with Gasteiger partial charge in [-0.2, -0.15) is 0 Å². The molecule has 7 nitrogen and oxygen atoms in total. The van der Waals surface area contributed by atoms with Crippen molar-refractivity contribution < 1.29 is 14.3 Å². The summed E-state index contributed by atoms with van der Waals surface area (Å²) < 4.78 is 5.79. The number of carbonyl (C=O) groups is 2. The number of amides is 2. The van der Waals surface area contributed by atoms with Crippen LogP contribution in [0.5, 0.6) is 5.75 Å². The Morgan fingerprint density at radius 1 is 1.09 bits per heavy atom. The van der Waals surface area contributed by atoms with E-state index < -0.39 is 0 Å². The normalized spacial score (nSPS) is 11.5. The van der Waals surface area contributed by atoms with Crippen LogP contribution in [0.1, 0.15) is 41.4 Å². The lowest BCUT2D eigenvalue weighted by Gasteiger charge is -2.13. The number of carbonyl (C=O) groups excluding carboxylic acids is 2. The Labute approximate surface area is 201 Å². The molecule has 0 aliphatic rings. The minimum absolute atomic E-state index is 0.0675. The number of anilines is 1. The maximum Gasteiger partial charge on any atom is 0.257 e. The number of hydrogen-bond acceptors (Lipinski definition) is 6. The summed E-state index contributed by atoms with van der Waals surface area (Å²) in [5, 5.41) is 8.13. The second-order valence-electron chi connectivity index (χ2n) is 7.71. The molecule has 0 saturated carbocycles. The Kier molecular flexibility index (Phi) is 7.29. The van der Waals surface area contributed by atoms with E-state index in [2.05, 4.69) is 20.6 Å². The van der Waals surface area contributed by atoms with Gasteiger partial charge in [-0.05, 0) is 36.8 Å². The molecule has 2 aromatic carbocycles. The summed E-state index contributed by atoms with van der Waals surface area (Å²) in [5.41, 5.74) is 4.14. The number of ether oxygens (including phenoxy) is 1. The van der Waals surface area contributed by atoms with Crippen LogP contribution in [0.2, 0.25) is 0 Å². The van der Waals surface area contributed by atoms with Gasteiger partial charge in [0.1, 0.15) is 12.4 Å². The topological polar surface area (TPSA) is 93.2 Å². The molecule has 34 heavy (non-hydrogen) atoms. The van der Waals surface area contributed by atoms with Gasteiger partial charge in [-0.3, -0.25) is 19.9 Å². The standard InChI is InChI=1S/C26H24N4O3S/c1-17(28-18(2)31)20-8-10-21(11-9-20)24-16-34-26(29-24)30-25(32)22-6-3-7-23(13-22)33-15-19-5-4-12-27-14-19/h3-14,16-17H,15H2,1-2H3,(H,28,31)(H,29,30,32). The molecule has 172 valence electrons. The molecule has 0 saturated heterocycles. The highest BCUT2D eigenvalue weighted by molar-refractivity contribution is 7.14. The van der Waals surface area contributed by atoms with Crippen LogP contribution in [0.25, 0.3) is 11.3 Å². The van der Waals surface area contributed by atoms with Gasteiger partial charge < -0.3 is 10.1 Å². The predicted molar refractivity (Wildman–Crippen MR) is 133 cm³/mol. The van der Waals surface area contributed by atoms with E-state index >= 15 is 0 Å². The summed E-state index contributed by atoms with van der Waals surface area (Å²) in [7, 11) is 0. The molecule has 2 heterocycles. The zero-order valence-corrected chi connectivity index (χ0v) is 19.6. The highest BCUT2D eigenvalue weighted by Gasteiger charge is 2.12. The van der Waals surface area contributed by atoms with E-state index in [1.807, 2.05) is 54.8 Å². The second kappa shape index (κ2) is 10.7. The third-order valence-electron chi connectivity index (χ3n) is 5.08. The Hall–Kier alpha value is -4.04. The number of pyridine rings is 1. The van der Waals surface area contributed by atoms with E-state index in [9.17, 15) is 9.59 Å². The number of rotatable bonds is 8. The summed E-state index contributed by atoms with van der Waals surface area (Å²) in [4.78, 5) is 32.6. The van der Waals surface area contributed by atoms with Gasteiger partial charge in [0.25, 0.3) is 5.91 Å². The third kappa shape index (κ3) is 6.05. The monoisotopic (exact) mass is 472 g/mol. The highest BCUT2D eigenvalue weighted by atomic mass is 32.1. The van der Waals surface area contributed by atoms with Gasteiger partial charge in [0.15, 0.2) is 5.13 Å². The summed E-state index contributed by atoms with van der Waals surface area (Å²) in [6.07, 6.45) is 3.45. The lowest BCUT2D eigenvalue weighted by atomic mass is 10.1. The van der Waals surface area contributed by atoms with E-state index in [-0.39, 0.29) is 17.9 Å². The molecule has 8 heteroatoms. The average Bonchev–Trinajstić information content (AvgIpc) is 3.32. The van der Waals surface area contributed by atoms with E-state index in [0.29, 0.717) is 23.1 Å². The van der Waals surface area contributed by atoms with Crippen molar-refractivity contribution in [3.63, 3.8) is 0 Å². The third-order valence-corrected chi connectivity index (χ3v) is 5.83. The van der Waals surface area contributed by atoms with Crippen molar-refractivity contribution in [1.29, 1.82) is 0 Å². The molecule has 2 amide bonds. The molecule has 0 radical (unpaired) electrons. The van der Waals surface area contributed by atoms with Gasteiger partial charge in [0.05, 0.1) is 11.7 Å². The molecule has 0 spiro atoms. The van der Waals surface area contributed by atoms with Crippen molar-refractivity contribution in [1.82, 2.24) is 15.3 Å². The van der Waals surface area contributed by atoms with Crippen molar-refractivity contribution in [3.8, 4) is 17.0 Å². The average molecular weight is 473 g/mol. The maximum absolute atomic E-state index is 12.7. The second-order valence-corrected chi connectivity index (χ2v) is 8.57. The lowest BCUT2D eigenvalue weighted by molar-refractivity contribution is -0.119. The minimum atomic E-state index is -0.257. The van der Waals surface area contributed by atoms with Crippen molar-refractivity contribution in [3.05, 3.63) is 95.1 Å². The molecule has 0 fully saturated rings. The van der Waals surface area contributed by atoms with Gasteiger partial charge in [-0.25, -0.2) is 4.98 Å². The van der Waals surface area contributed by atoms with Crippen molar-refractivity contribution in [2.45, 2.75) is 26.5 Å². The molecule has 2 N–H and O–H groups in total. The van der Waals surface area contributed by atoms with Crippen LogP contribution in [-0.2, 0) is 11.4 Å². The van der Waals surface area contributed by atoms with E-state index in [4.69, 9.17) is 4.74 Å². The molecule has 0 aliphatic heterocycles.